The second kappa shape index (κ2) is 9.29. The van der Waals surface area contributed by atoms with Crippen LogP contribution < -0.4 is 10.5 Å². The fourth-order valence-corrected chi connectivity index (χ4v) is 3.65. The fourth-order valence-electron chi connectivity index (χ4n) is 3.65. The summed E-state index contributed by atoms with van der Waals surface area (Å²) in [5.74, 6) is 5.57. The molecule has 1 aliphatic rings. The molecule has 3 aromatic rings. The number of aliphatic imine (C=N–C) groups is 1. The number of aromatic nitrogens is 2. The number of hydrogen-bond donors (Lipinski definition) is 1. The van der Waals surface area contributed by atoms with Crippen molar-refractivity contribution in [1.29, 1.82) is 0 Å². The number of nitrogens with zero attached hydrogens (tertiary/aromatic N) is 3. The highest BCUT2D eigenvalue weighted by Crippen LogP contribution is 2.42. The van der Waals surface area contributed by atoms with E-state index in [0.29, 0.717) is 22.7 Å². The van der Waals surface area contributed by atoms with Gasteiger partial charge in [-0.05, 0) is 44.2 Å². The molecule has 0 radical (unpaired) electrons. The van der Waals surface area contributed by atoms with E-state index in [-0.39, 0.29) is 17.9 Å². The zero-order valence-corrected chi connectivity index (χ0v) is 18.7. The molecule has 7 nitrogen and oxygen atoms in total. The molecule has 2 N–H and O–H groups in total. The van der Waals surface area contributed by atoms with Gasteiger partial charge in [-0.25, -0.2) is 9.38 Å². The minimum atomic E-state index is -4.69. The first-order valence-corrected chi connectivity index (χ1v) is 10.4. The van der Waals surface area contributed by atoms with Crippen LogP contribution in [0.4, 0.5) is 17.6 Å². The number of nitrogens with two attached hydrogens (primary N) is 1. The van der Waals surface area contributed by atoms with Crippen LogP contribution in [0.1, 0.15) is 25.8 Å². The predicted molar refractivity (Wildman–Crippen MR) is 119 cm³/mol. The van der Waals surface area contributed by atoms with Gasteiger partial charge in [0, 0.05) is 23.6 Å². The Hall–Kier alpha value is -4.07. The summed E-state index contributed by atoms with van der Waals surface area (Å²) in [5.41, 5.74) is 5.11. The average Bonchev–Trinajstić information content (AvgIpc) is 3.29. The molecule has 0 aliphatic carbocycles. The van der Waals surface area contributed by atoms with Crippen molar-refractivity contribution in [3.63, 3.8) is 0 Å². The molecule has 1 unspecified atom stereocenters. The summed E-state index contributed by atoms with van der Waals surface area (Å²) in [5, 5.41) is 4.00. The van der Waals surface area contributed by atoms with Crippen LogP contribution in [0.15, 0.2) is 52.1 Å². The Morgan fingerprint density at radius 2 is 2.00 bits per heavy atom. The summed E-state index contributed by atoms with van der Waals surface area (Å²) in [7, 11) is 0. The van der Waals surface area contributed by atoms with Crippen LogP contribution in [-0.2, 0) is 10.3 Å². The largest absolute Gasteiger partial charge is 0.479 e. The van der Waals surface area contributed by atoms with E-state index in [9.17, 15) is 17.6 Å². The van der Waals surface area contributed by atoms with Crippen molar-refractivity contribution in [2.45, 2.75) is 38.1 Å². The van der Waals surface area contributed by atoms with Gasteiger partial charge in [-0.15, -0.1) is 5.92 Å². The van der Waals surface area contributed by atoms with Crippen LogP contribution >= 0.6 is 0 Å². The van der Waals surface area contributed by atoms with Crippen LogP contribution in [0.3, 0.4) is 0 Å². The first-order valence-electron chi connectivity index (χ1n) is 10.4. The molecule has 4 rings (SSSR count). The lowest BCUT2D eigenvalue weighted by Crippen LogP contribution is -2.46. The van der Waals surface area contributed by atoms with E-state index in [4.69, 9.17) is 15.0 Å². The van der Waals surface area contributed by atoms with Gasteiger partial charge in [0.05, 0.1) is 17.4 Å². The Kier molecular flexibility index (Phi) is 6.39. The summed E-state index contributed by atoms with van der Waals surface area (Å²) in [6.45, 7) is 3.32. The summed E-state index contributed by atoms with van der Waals surface area (Å²) < 4.78 is 70.2. The van der Waals surface area contributed by atoms with Crippen LogP contribution in [0.2, 0.25) is 0 Å². The molecule has 35 heavy (non-hydrogen) atoms. The standard InChI is InChI=1S/C24H20F4N4O3/c1-3-4-9-33-15-6-8-18(30-13-15)19-11-20(35-32-19)14-5-7-17(25)16(10-14)23(2)12-21(24(26,27)28)34-22(29)31-23/h5-8,10-11,13,21H,9,12H2,1-2H3,(H2,29,31)/t21-,23?/m0/s1. The van der Waals surface area contributed by atoms with E-state index in [0.717, 1.165) is 6.07 Å². The van der Waals surface area contributed by atoms with Gasteiger partial charge in [0.25, 0.3) is 6.02 Å². The lowest BCUT2D eigenvalue weighted by atomic mass is 9.84. The first-order chi connectivity index (χ1) is 16.6. The maximum absolute atomic E-state index is 14.8. The monoisotopic (exact) mass is 488 g/mol. The average molecular weight is 488 g/mol. The highest BCUT2D eigenvalue weighted by Gasteiger charge is 2.50. The van der Waals surface area contributed by atoms with E-state index in [2.05, 4.69) is 31.7 Å². The van der Waals surface area contributed by atoms with Crippen molar-refractivity contribution < 1.29 is 31.6 Å². The zero-order chi connectivity index (χ0) is 25.2. The Labute approximate surface area is 197 Å². The number of alkyl halides is 3. The predicted octanol–water partition coefficient (Wildman–Crippen LogP) is 4.83. The van der Waals surface area contributed by atoms with E-state index < -0.39 is 36.1 Å². The topological polar surface area (TPSA) is 95.8 Å². The van der Waals surface area contributed by atoms with E-state index in [1.54, 1.807) is 25.1 Å². The van der Waals surface area contributed by atoms with E-state index >= 15 is 0 Å². The molecule has 0 saturated carbocycles. The molecular weight excluding hydrogens is 468 g/mol. The normalized spacial score (nSPS) is 19.8. The molecule has 0 amide bonds. The third-order valence-corrected chi connectivity index (χ3v) is 5.40. The summed E-state index contributed by atoms with van der Waals surface area (Å²) in [6.07, 6.45) is -6.02. The van der Waals surface area contributed by atoms with Gasteiger partial charge < -0.3 is 19.7 Å². The number of benzene rings is 1. The second-order valence-corrected chi connectivity index (χ2v) is 7.94. The quantitative estimate of drug-likeness (QED) is 0.409. The van der Waals surface area contributed by atoms with Gasteiger partial charge in [0.2, 0.25) is 0 Å². The lowest BCUT2D eigenvalue weighted by molar-refractivity contribution is -0.208. The molecule has 11 heteroatoms. The molecular formula is C24H20F4N4O3. The van der Waals surface area contributed by atoms with Crippen LogP contribution in [-0.4, -0.2) is 35.0 Å². The highest BCUT2D eigenvalue weighted by atomic mass is 19.4. The molecule has 182 valence electrons. The molecule has 0 spiro atoms. The Bertz CT molecular complexity index is 1310. The number of pyridine rings is 1. The SMILES string of the molecule is CC#CCOc1ccc(-c2cc(-c3ccc(F)c(C4(C)C[C@@H](C(F)(F)F)OC(N)=N4)c3)on2)nc1. The van der Waals surface area contributed by atoms with Crippen LogP contribution in [0, 0.1) is 17.7 Å². The van der Waals surface area contributed by atoms with Crippen molar-refractivity contribution in [3.8, 4) is 40.3 Å². The lowest BCUT2D eigenvalue weighted by Gasteiger charge is -2.36. The summed E-state index contributed by atoms with van der Waals surface area (Å²) >= 11 is 0. The van der Waals surface area contributed by atoms with Gasteiger partial charge in [-0.1, -0.05) is 11.1 Å². The van der Waals surface area contributed by atoms with Crippen molar-refractivity contribution in [3.05, 3.63) is 54.0 Å². The Balaban J connectivity index is 1.61. The number of halogens is 4. The van der Waals surface area contributed by atoms with Crippen molar-refractivity contribution in [2.24, 2.45) is 10.7 Å². The van der Waals surface area contributed by atoms with E-state index in [1.807, 2.05) is 0 Å². The first kappa shape index (κ1) is 24.1. The van der Waals surface area contributed by atoms with Crippen molar-refractivity contribution in [2.75, 3.05) is 6.61 Å². The van der Waals surface area contributed by atoms with Gasteiger partial charge >= 0.3 is 6.18 Å². The second-order valence-electron chi connectivity index (χ2n) is 7.94. The van der Waals surface area contributed by atoms with Crippen molar-refractivity contribution >= 4 is 6.02 Å². The number of amidine groups is 1. The number of rotatable bonds is 5. The molecule has 3 heterocycles. The zero-order valence-electron chi connectivity index (χ0n) is 18.7. The Morgan fingerprint density at radius 1 is 1.20 bits per heavy atom. The summed E-state index contributed by atoms with van der Waals surface area (Å²) in [4.78, 5) is 8.27. The van der Waals surface area contributed by atoms with Crippen LogP contribution in [0.5, 0.6) is 5.75 Å². The van der Waals surface area contributed by atoms with Gasteiger partial charge in [-0.3, -0.25) is 4.98 Å². The molecule has 0 fully saturated rings. The van der Waals surface area contributed by atoms with Crippen LogP contribution in [0.25, 0.3) is 22.7 Å². The maximum Gasteiger partial charge on any atom is 0.425 e. The van der Waals surface area contributed by atoms with Crippen molar-refractivity contribution in [1.82, 2.24) is 10.1 Å². The molecule has 0 saturated heterocycles. The third-order valence-electron chi connectivity index (χ3n) is 5.40. The van der Waals surface area contributed by atoms with Gasteiger partial charge in [-0.2, -0.15) is 13.2 Å². The fraction of sp³-hybridized carbons (Fsp3) is 0.292. The molecule has 0 bridgehead atoms. The summed E-state index contributed by atoms with van der Waals surface area (Å²) in [6, 6.07) is 8.25. The maximum atomic E-state index is 14.8. The van der Waals surface area contributed by atoms with Gasteiger partial charge in [0.1, 0.15) is 23.9 Å². The number of hydrogen-bond acceptors (Lipinski definition) is 7. The molecule has 2 atom stereocenters. The minimum absolute atomic E-state index is 0.0803. The molecule has 1 aliphatic heterocycles. The smallest absolute Gasteiger partial charge is 0.425 e. The third kappa shape index (κ3) is 5.21. The highest BCUT2D eigenvalue weighted by molar-refractivity contribution is 5.73. The Morgan fingerprint density at radius 3 is 2.69 bits per heavy atom. The molecule has 2 aromatic heterocycles. The van der Waals surface area contributed by atoms with E-state index in [1.165, 1.54) is 25.3 Å². The number of ether oxygens (including phenoxy) is 2. The molecule has 1 aromatic carbocycles. The van der Waals surface area contributed by atoms with Gasteiger partial charge in [0.15, 0.2) is 11.9 Å². The minimum Gasteiger partial charge on any atom is -0.479 e.